The first kappa shape index (κ1) is 12.8. The van der Waals surface area contributed by atoms with Crippen LogP contribution >= 0.6 is 15.9 Å². The van der Waals surface area contributed by atoms with Crippen LogP contribution in [-0.2, 0) is 6.42 Å². The molecule has 0 heterocycles. The third-order valence-corrected chi connectivity index (χ3v) is 4.28. The van der Waals surface area contributed by atoms with Crippen LogP contribution in [0.1, 0.15) is 35.1 Å². The molecule has 98 valence electrons. The number of halogens is 2. The third-order valence-electron chi connectivity index (χ3n) is 3.79. The van der Waals surface area contributed by atoms with Gasteiger partial charge >= 0.3 is 0 Å². The van der Waals surface area contributed by atoms with Crippen molar-refractivity contribution < 1.29 is 9.50 Å². The molecule has 1 nitrogen and oxygen atoms in total. The van der Waals surface area contributed by atoms with Gasteiger partial charge in [0.1, 0.15) is 5.82 Å². The van der Waals surface area contributed by atoms with Gasteiger partial charge in [0, 0.05) is 10.0 Å². The van der Waals surface area contributed by atoms with E-state index < -0.39 is 6.10 Å². The minimum absolute atomic E-state index is 0.342. The molecule has 0 bridgehead atoms. The molecule has 2 aromatic rings. The summed E-state index contributed by atoms with van der Waals surface area (Å²) >= 11 is 3.22. The van der Waals surface area contributed by atoms with Gasteiger partial charge < -0.3 is 5.11 Å². The van der Waals surface area contributed by atoms with E-state index in [0.717, 1.165) is 6.42 Å². The second-order valence-electron chi connectivity index (χ2n) is 5.02. The lowest BCUT2D eigenvalue weighted by Gasteiger charge is -2.31. The number of aliphatic hydroxyl groups is 1. The molecule has 0 aliphatic heterocycles. The Hall–Kier alpha value is -1.19. The second-order valence-corrected chi connectivity index (χ2v) is 5.93. The summed E-state index contributed by atoms with van der Waals surface area (Å²) in [5.74, 6) is -0.0104. The second kappa shape index (κ2) is 5.06. The maximum Gasteiger partial charge on any atom is 0.130 e. The van der Waals surface area contributed by atoms with Crippen LogP contribution in [0, 0.1) is 5.82 Å². The molecule has 2 aromatic carbocycles. The fraction of sp³-hybridized carbons (Fsp3) is 0.250. The Morgan fingerprint density at radius 1 is 1.26 bits per heavy atom. The van der Waals surface area contributed by atoms with Gasteiger partial charge in [-0.1, -0.05) is 46.3 Å². The van der Waals surface area contributed by atoms with E-state index in [1.807, 2.05) is 12.1 Å². The van der Waals surface area contributed by atoms with Gasteiger partial charge in [-0.3, -0.25) is 0 Å². The van der Waals surface area contributed by atoms with Crippen LogP contribution in [-0.4, -0.2) is 5.11 Å². The lowest BCUT2D eigenvalue weighted by molar-refractivity contribution is 0.149. The fourth-order valence-corrected chi connectivity index (χ4v) is 3.07. The number of hydrogen-bond donors (Lipinski definition) is 1. The maximum absolute atomic E-state index is 13.8. The molecule has 0 fully saturated rings. The topological polar surface area (TPSA) is 20.2 Å². The van der Waals surface area contributed by atoms with Gasteiger partial charge in [0.25, 0.3) is 0 Å². The monoisotopic (exact) mass is 320 g/mol. The average Bonchev–Trinajstić information content (AvgIpc) is 2.35. The standard InChI is InChI=1S/C16H14BrFO/c17-12-5-6-14(15(18)9-12)16(19)8-11-7-10-3-1-2-4-13(10)11/h1-6,9,11,16,19H,7-8H2. The van der Waals surface area contributed by atoms with E-state index in [1.165, 1.54) is 17.2 Å². The molecular weight excluding hydrogens is 307 g/mol. The summed E-state index contributed by atoms with van der Waals surface area (Å²) in [6, 6.07) is 13.0. The lowest BCUT2D eigenvalue weighted by atomic mass is 9.74. The van der Waals surface area contributed by atoms with Crippen molar-refractivity contribution in [2.24, 2.45) is 0 Å². The Labute approximate surface area is 120 Å². The van der Waals surface area contributed by atoms with Crippen LogP contribution in [0.25, 0.3) is 0 Å². The molecular formula is C16H14BrFO. The maximum atomic E-state index is 13.8. The molecule has 19 heavy (non-hydrogen) atoms. The van der Waals surface area contributed by atoms with Crippen molar-refractivity contribution in [3.8, 4) is 0 Å². The highest BCUT2D eigenvalue weighted by molar-refractivity contribution is 9.10. The summed E-state index contributed by atoms with van der Waals surface area (Å²) in [6.07, 6.45) is 0.812. The molecule has 3 heteroatoms. The summed E-state index contributed by atoms with van der Waals surface area (Å²) in [4.78, 5) is 0. The number of rotatable bonds is 3. The fourth-order valence-electron chi connectivity index (χ4n) is 2.74. The predicted molar refractivity (Wildman–Crippen MR) is 76.6 cm³/mol. The SMILES string of the molecule is OC(CC1Cc2ccccc21)c1ccc(Br)cc1F. The van der Waals surface area contributed by atoms with Gasteiger partial charge in [-0.15, -0.1) is 0 Å². The van der Waals surface area contributed by atoms with Crippen molar-refractivity contribution >= 4 is 15.9 Å². The van der Waals surface area contributed by atoms with Crippen molar-refractivity contribution in [1.29, 1.82) is 0 Å². The molecule has 1 N–H and O–H groups in total. The molecule has 1 aliphatic rings. The predicted octanol–water partition coefficient (Wildman–Crippen LogP) is 4.35. The Morgan fingerprint density at radius 3 is 2.79 bits per heavy atom. The van der Waals surface area contributed by atoms with E-state index >= 15 is 0 Å². The summed E-state index contributed by atoms with van der Waals surface area (Å²) in [5, 5.41) is 10.2. The number of hydrogen-bond acceptors (Lipinski definition) is 1. The largest absolute Gasteiger partial charge is 0.388 e. The van der Waals surface area contributed by atoms with Crippen LogP contribution in [0.2, 0.25) is 0 Å². The lowest BCUT2D eigenvalue weighted by Crippen LogP contribution is -2.19. The Balaban J connectivity index is 1.75. The van der Waals surface area contributed by atoms with Crippen LogP contribution < -0.4 is 0 Å². The van der Waals surface area contributed by atoms with Crippen molar-refractivity contribution in [3.05, 3.63) is 69.4 Å². The average molecular weight is 321 g/mol. The summed E-state index contributed by atoms with van der Waals surface area (Å²) in [6.45, 7) is 0. The van der Waals surface area contributed by atoms with E-state index in [1.54, 1.807) is 12.1 Å². The molecule has 0 amide bonds. The quantitative estimate of drug-likeness (QED) is 0.891. The van der Waals surface area contributed by atoms with E-state index in [-0.39, 0.29) is 5.82 Å². The molecule has 2 atom stereocenters. The first-order valence-electron chi connectivity index (χ1n) is 6.36. The van der Waals surface area contributed by atoms with Crippen LogP contribution in [0.4, 0.5) is 4.39 Å². The van der Waals surface area contributed by atoms with E-state index in [9.17, 15) is 9.50 Å². The molecule has 2 unspecified atom stereocenters. The van der Waals surface area contributed by atoms with Gasteiger partial charge in [0.15, 0.2) is 0 Å². The zero-order valence-corrected chi connectivity index (χ0v) is 11.9. The van der Waals surface area contributed by atoms with Gasteiger partial charge in [-0.05, 0) is 42.0 Å². The molecule has 0 saturated carbocycles. The number of fused-ring (bicyclic) bond motifs is 1. The highest BCUT2D eigenvalue weighted by Crippen LogP contribution is 2.41. The Morgan fingerprint density at radius 2 is 2.05 bits per heavy atom. The number of benzene rings is 2. The van der Waals surface area contributed by atoms with Gasteiger partial charge in [-0.25, -0.2) is 4.39 Å². The summed E-state index contributed by atoms with van der Waals surface area (Å²) < 4.78 is 14.5. The summed E-state index contributed by atoms with van der Waals surface area (Å²) in [5.41, 5.74) is 3.02. The zero-order valence-electron chi connectivity index (χ0n) is 10.3. The van der Waals surface area contributed by atoms with Crippen LogP contribution in [0.5, 0.6) is 0 Å². The smallest absolute Gasteiger partial charge is 0.130 e. The van der Waals surface area contributed by atoms with Crippen molar-refractivity contribution in [2.45, 2.75) is 24.9 Å². The highest BCUT2D eigenvalue weighted by atomic mass is 79.9. The number of aliphatic hydroxyl groups excluding tert-OH is 1. The van der Waals surface area contributed by atoms with Crippen LogP contribution in [0.15, 0.2) is 46.9 Å². The first-order chi connectivity index (χ1) is 9.15. The minimum Gasteiger partial charge on any atom is -0.388 e. The molecule has 0 radical (unpaired) electrons. The van der Waals surface area contributed by atoms with Crippen molar-refractivity contribution in [1.82, 2.24) is 0 Å². The highest BCUT2D eigenvalue weighted by Gasteiger charge is 2.28. The van der Waals surface area contributed by atoms with E-state index in [0.29, 0.717) is 22.4 Å². The van der Waals surface area contributed by atoms with E-state index in [2.05, 4.69) is 28.1 Å². The minimum atomic E-state index is -0.744. The molecule has 1 aliphatic carbocycles. The molecule has 0 spiro atoms. The Kier molecular flexibility index (Phi) is 3.42. The van der Waals surface area contributed by atoms with Gasteiger partial charge in [-0.2, -0.15) is 0 Å². The summed E-state index contributed by atoms with van der Waals surface area (Å²) in [7, 11) is 0. The Bertz CT molecular complexity index is 611. The molecule has 0 saturated heterocycles. The zero-order chi connectivity index (χ0) is 13.4. The normalized spacial score (nSPS) is 18.6. The van der Waals surface area contributed by atoms with Crippen molar-refractivity contribution in [3.63, 3.8) is 0 Å². The van der Waals surface area contributed by atoms with Crippen LogP contribution in [0.3, 0.4) is 0 Å². The van der Waals surface area contributed by atoms with Gasteiger partial charge in [0.2, 0.25) is 0 Å². The molecule has 3 rings (SSSR count). The van der Waals surface area contributed by atoms with Gasteiger partial charge in [0.05, 0.1) is 6.10 Å². The van der Waals surface area contributed by atoms with Crippen molar-refractivity contribution in [2.75, 3.05) is 0 Å². The third kappa shape index (κ3) is 2.45. The molecule has 0 aromatic heterocycles. The first-order valence-corrected chi connectivity index (χ1v) is 7.15. The van der Waals surface area contributed by atoms with E-state index in [4.69, 9.17) is 0 Å².